The van der Waals surface area contributed by atoms with Crippen LogP contribution in [-0.2, 0) is 9.59 Å². The van der Waals surface area contributed by atoms with Gasteiger partial charge in [-0.1, -0.05) is 60.1 Å². The highest BCUT2D eigenvalue weighted by Crippen LogP contribution is 2.42. The summed E-state index contributed by atoms with van der Waals surface area (Å²) in [6.07, 6.45) is 3.24. The van der Waals surface area contributed by atoms with Crippen molar-refractivity contribution in [2.45, 2.75) is 25.8 Å². The van der Waals surface area contributed by atoms with Crippen LogP contribution in [0.1, 0.15) is 42.5 Å². The molecule has 1 N–H and O–H groups in total. The third-order valence-electron chi connectivity index (χ3n) is 5.40. The van der Waals surface area contributed by atoms with Crippen molar-refractivity contribution in [1.82, 2.24) is 4.98 Å². The minimum Gasteiger partial charge on any atom is -0.507 e. The molecule has 156 valence electrons. The molecule has 0 spiro atoms. The Morgan fingerprint density at radius 2 is 1.71 bits per heavy atom. The number of anilines is 1. The first-order chi connectivity index (χ1) is 14.9. The molecule has 1 fully saturated rings. The highest BCUT2D eigenvalue weighted by atomic mass is 79.9. The smallest absolute Gasteiger partial charge is 0.300 e. The van der Waals surface area contributed by atoms with Crippen molar-refractivity contribution in [3.8, 4) is 0 Å². The van der Waals surface area contributed by atoms with Crippen LogP contribution in [0, 0.1) is 0 Å². The summed E-state index contributed by atoms with van der Waals surface area (Å²) in [5.74, 6) is -1.26. The van der Waals surface area contributed by atoms with Crippen LogP contribution in [0.4, 0.5) is 5.69 Å². The van der Waals surface area contributed by atoms with Crippen molar-refractivity contribution in [2.24, 2.45) is 0 Å². The molecule has 1 aliphatic heterocycles. The average Bonchev–Trinajstić information content (AvgIpc) is 3.05. The van der Waals surface area contributed by atoms with Gasteiger partial charge in [0.25, 0.3) is 11.7 Å². The van der Waals surface area contributed by atoms with Gasteiger partial charge in [0, 0.05) is 28.1 Å². The molecule has 1 aromatic heterocycles. The molecule has 1 unspecified atom stereocenters. The van der Waals surface area contributed by atoms with Crippen LogP contribution in [-0.4, -0.2) is 21.8 Å². The first-order valence-corrected chi connectivity index (χ1v) is 10.7. The highest BCUT2D eigenvalue weighted by molar-refractivity contribution is 9.10. The molecule has 31 heavy (non-hydrogen) atoms. The molecule has 0 radical (unpaired) electrons. The molecule has 1 amide bonds. The lowest BCUT2D eigenvalue weighted by molar-refractivity contribution is -0.132. The molecule has 3 aromatic rings. The lowest BCUT2D eigenvalue weighted by Crippen LogP contribution is -2.29. The van der Waals surface area contributed by atoms with Gasteiger partial charge in [-0.3, -0.25) is 19.5 Å². The van der Waals surface area contributed by atoms with E-state index in [1.54, 1.807) is 48.8 Å². The summed E-state index contributed by atoms with van der Waals surface area (Å²) in [6.45, 7) is 4.18. The maximum Gasteiger partial charge on any atom is 0.300 e. The number of carbonyl (C=O) groups is 2. The second kappa shape index (κ2) is 8.47. The van der Waals surface area contributed by atoms with Gasteiger partial charge < -0.3 is 5.11 Å². The SMILES string of the molecule is CC(C)c1ccc(N2C(=O)C(=O)/C(=C(/O)c3ccc(Br)cc3)C2c2cccnc2)cc1. The first kappa shape index (κ1) is 21.0. The van der Waals surface area contributed by atoms with Crippen LogP contribution < -0.4 is 4.90 Å². The van der Waals surface area contributed by atoms with Crippen LogP contribution in [0.25, 0.3) is 5.76 Å². The second-order valence-corrected chi connectivity index (χ2v) is 8.62. The molecule has 1 saturated heterocycles. The van der Waals surface area contributed by atoms with Crippen LogP contribution in [0.5, 0.6) is 0 Å². The van der Waals surface area contributed by atoms with E-state index in [4.69, 9.17) is 0 Å². The minimum atomic E-state index is -0.776. The van der Waals surface area contributed by atoms with Crippen molar-refractivity contribution in [1.29, 1.82) is 0 Å². The van der Waals surface area contributed by atoms with E-state index in [0.717, 1.165) is 10.0 Å². The number of Topliss-reactive ketones (excluding diaryl/α,β-unsaturated/α-hetero) is 1. The second-order valence-electron chi connectivity index (χ2n) is 7.71. The van der Waals surface area contributed by atoms with Gasteiger partial charge in [-0.25, -0.2) is 0 Å². The number of ketones is 1. The van der Waals surface area contributed by atoms with E-state index in [0.29, 0.717) is 22.7 Å². The molecule has 1 aliphatic rings. The van der Waals surface area contributed by atoms with E-state index >= 15 is 0 Å². The Bertz CT molecular complexity index is 1150. The fraction of sp³-hybridized carbons (Fsp3) is 0.160. The fourth-order valence-electron chi connectivity index (χ4n) is 3.74. The Morgan fingerprint density at radius 1 is 1.03 bits per heavy atom. The molecular formula is C25H21BrN2O3. The zero-order valence-corrected chi connectivity index (χ0v) is 18.7. The zero-order valence-electron chi connectivity index (χ0n) is 17.1. The zero-order chi connectivity index (χ0) is 22.1. The van der Waals surface area contributed by atoms with Gasteiger partial charge in [-0.05, 0) is 47.4 Å². The molecule has 0 saturated carbocycles. The van der Waals surface area contributed by atoms with Gasteiger partial charge in [-0.15, -0.1) is 0 Å². The summed E-state index contributed by atoms with van der Waals surface area (Å²) >= 11 is 3.37. The van der Waals surface area contributed by atoms with Crippen LogP contribution in [0.15, 0.2) is 83.1 Å². The summed E-state index contributed by atoms with van der Waals surface area (Å²) in [5.41, 5.74) is 2.88. The number of carbonyl (C=O) groups excluding carboxylic acids is 2. The van der Waals surface area contributed by atoms with Gasteiger partial charge >= 0.3 is 0 Å². The van der Waals surface area contributed by atoms with Gasteiger partial charge in [0.15, 0.2) is 0 Å². The molecular weight excluding hydrogens is 456 g/mol. The van der Waals surface area contributed by atoms with Gasteiger partial charge in [-0.2, -0.15) is 0 Å². The molecule has 0 bridgehead atoms. The monoisotopic (exact) mass is 476 g/mol. The predicted molar refractivity (Wildman–Crippen MR) is 124 cm³/mol. The molecule has 1 atom stereocenters. The molecule has 2 aromatic carbocycles. The molecule has 5 nitrogen and oxygen atoms in total. The van der Waals surface area contributed by atoms with Crippen LogP contribution >= 0.6 is 15.9 Å². The van der Waals surface area contributed by atoms with E-state index in [-0.39, 0.29) is 11.3 Å². The van der Waals surface area contributed by atoms with Crippen molar-refractivity contribution in [2.75, 3.05) is 4.90 Å². The Hall–Kier alpha value is -3.25. The highest BCUT2D eigenvalue weighted by Gasteiger charge is 2.47. The lowest BCUT2D eigenvalue weighted by atomic mass is 9.96. The van der Waals surface area contributed by atoms with E-state index < -0.39 is 17.7 Å². The van der Waals surface area contributed by atoms with Crippen LogP contribution in [0.2, 0.25) is 0 Å². The molecule has 6 heteroatoms. The number of hydrogen-bond donors (Lipinski definition) is 1. The number of benzene rings is 2. The number of pyridine rings is 1. The number of halogens is 1. The molecule has 2 heterocycles. The number of aromatic nitrogens is 1. The summed E-state index contributed by atoms with van der Waals surface area (Å²) in [6, 6.07) is 17.3. The Kier molecular flexibility index (Phi) is 5.74. The summed E-state index contributed by atoms with van der Waals surface area (Å²) in [7, 11) is 0. The van der Waals surface area contributed by atoms with Crippen LogP contribution in [0.3, 0.4) is 0 Å². The number of nitrogens with zero attached hydrogens (tertiary/aromatic N) is 2. The summed E-state index contributed by atoms with van der Waals surface area (Å²) < 4.78 is 0.846. The number of hydrogen-bond acceptors (Lipinski definition) is 4. The number of rotatable bonds is 4. The normalized spacial score (nSPS) is 18.1. The Labute approximate surface area is 189 Å². The van der Waals surface area contributed by atoms with Crippen molar-refractivity contribution in [3.05, 3.63) is 99.8 Å². The Balaban J connectivity index is 1.89. The van der Waals surface area contributed by atoms with E-state index in [1.807, 2.05) is 24.3 Å². The minimum absolute atomic E-state index is 0.0493. The third-order valence-corrected chi connectivity index (χ3v) is 5.93. The number of aliphatic hydroxyl groups excluding tert-OH is 1. The van der Waals surface area contributed by atoms with E-state index in [2.05, 4.69) is 34.8 Å². The maximum absolute atomic E-state index is 13.1. The average molecular weight is 477 g/mol. The van der Waals surface area contributed by atoms with Gasteiger partial charge in [0.1, 0.15) is 5.76 Å². The molecule has 0 aliphatic carbocycles. The molecule has 4 rings (SSSR count). The Morgan fingerprint density at radius 3 is 2.29 bits per heavy atom. The predicted octanol–water partition coefficient (Wildman–Crippen LogP) is 5.59. The quantitative estimate of drug-likeness (QED) is 0.302. The van der Waals surface area contributed by atoms with Crippen molar-refractivity contribution >= 4 is 39.1 Å². The maximum atomic E-state index is 13.1. The third kappa shape index (κ3) is 3.91. The number of aliphatic hydroxyl groups is 1. The lowest BCUT2D eigenvalue weighted by Gasteiger charge is -2.25. The van der Waals surface area contributed by atoms with Crippen molar-refractivity contribution in [3.63, 3.8) is 0 Å². The van der Waals surface area contributed by atoms with Gasteiger partial charge in [0.2, 0.25) is 0 Å². The largest absolute Gasteiger partial charge is 0.507 e. The fourth-order valence-corrected chi connectivity index (χ4v) is 4.00. The van der Waals surface area contributed by atoms with E-state index in [9.17, 15) is 14.7 Å². The van der Waals surface area contributed by atoms with Gasteiger partial charge in [0.05, 0.1) is 11.6 Å². The van der Waals surface area contributed by atoms with E-state index in [1.165, 1.54) is 4.90 Å². The summed E-state index contributed by atoms with van der Waals surface area (Å²) in [5, 5.41) is 11.1. The standard InChI is InChI=1S/C25H21BrN2O3/c1-15(2)16-7-11-20(12-8-16)28-22(18-4-3-13-27-14-18)21(24(30)25(28)31)23(29)17-5-9-19(26)10-6-17/h3-15,22,29H,1-2H3/b23-21+. The number of amides is 1. The van der Waals surface area contributed by atoms with Crippen molar-refractivity contribution < 1.29 is 14.7 Å². The topological polar surface area (TPSA) is 70.5 Å². The summed E-state index contributed by atoms with van der Waals surface area (Å²) in [4.78, 5) is 31.8. The first-order valence-electron chi connectivity index (χ1n) is 9.95.